The Labute approximate surface area is 129 Å². The molecule has 1 aliphatic rings. The van der Waals surface area contributed by atoms with Crippen molar-refractivity contribution in [2.75, 3.05) is 0 Å². The third kappa shape index (κ3) is 3.02. The van der Waals surface area contributed by atoms with Gasteiger partial charge in [-0.25, -0.2) is 0 Å². The lowest BCUT2D eigenvalue weighted by Gasteiger charge is -2.27. The first-order valence-corrected chi connectivity index (χ1v) is 7.61. The SMILES string of the molecule is Oc1ccccc1Oc1cccc(C2CCCC(O)C2)c1O. The van der Waals surface area contributed by atoms with Crippen molar-refractivity contribution in [1.29, 1.82) is 0 Å². The Morgan fingerprint density at radius 2 is 1.68 bits per heavy atom. The van der Waals surface area contributed by atoms with Crippen molar-refractivity contribution in [3.8, 4) is 23.0 Å². The monoisotopic (exact) mass is 300 g/mol. The van der Waals surface area contributed by atoms with E-state index in [1.165, 1.54) is 6.07 Å². The Morgan fingerprint density at radius 3 is 2.45 bits per heavy atom. The molecule has 0 heterocycles. The van der Waals surface area contributed by atoms with Gasteiger partial charge in [0.25, 0.3) is 0 Å². The summed E-state index contributed by atoms with van der Waals surface area (Å²) in [5, 5.41) is 30.1. The van der Waals surface area contributed by atoms with Crippen LogP contribution >= 0.6 is 0 Å². The molecule has 0 aromatic heterocycles. The fraction of sp³-hybridized carbons (Fsp3) is 0.333. The normalized spacial score (nSPS) is 21.5. The lowest BCUT2D eigenvalue weighted by Crippen LogP contribution is -2.18. The summed E-state index contributed by atoms with van der Waals surface area (Å²) in [6.45, 7) is 0. The van der Waals surface area contributed by atoms with Gasteiger partial charge in [0.2, 0.25) is 0 Å². The second-order valence-electron chi connectivity index (χ2n) is 5.78. The van der Waals surface area contributed by atoms with Gasteiger partial charge in [0.05, 0.1) is 6.10 Å². The molecule has 0 amide bonds. The topological polar surface area (TPSA) is 69.9 Å². The van der Waals surface area contributed by atoms with Gasteiger partial charge in [0, 0.05) is 5.56 Å². The molecule has 0 aliphatic heterocycles. The van der Waals surface area contributed by atoms with Crippen LogP contribution in [0.15, 0.2) is 42.5 Å². The highest BCUT2D eigenvalue weighted by Gasteiger charge is 2.25. The Morgan fingerprint density at radius 1 is 0.909 bits per heavy atom. The Hall–Kier alpha value is -2.20. The van der Waals surface area contributed by atoms with E-state index in [4.69, 9.17) is 4.74 Å². The highest BCUT2D eigenvalue weighted by atomic mass is 16.5. The molecule has 2 aromatic rings. The number of aliphatic hydroxyl groups excluding tert-OH is 1. The zero-order valence-electron chi connectivity index (χ0n) is 12.3. The minimum atomic E-state index is -0.305. The predicted molar refractivity (Wildman–Crippen MR) is 83.5 cm³/mol. The summed E-state index contributed by atoms with van der Waals surface area (Å²) >= 11 is 0. The van der Waals surface area contributed by atoms with Crippen LogP contribution in [0.2, 0.25) is 0 Å². The van der Waals surface area contributed by atoms with Gasteiger partial charge < -0.3 is 20.1 Å². The highest BCUT2D eigenvalue weighted by Crippen LogP contribution is 2.43. The van der Waals surface area contributed by atoms with Crippen LogP contribution in [-0.2, 0) is 0 Å². The molecule has 0 saturated heterocycles. The summed E-state index contributed by atoms with van der Waals surface area (Å²) in [4.78, 5) is 0. The predicted octanol–water partition coefficient (Wildman–Crippen LogP) is 3.91. The molecule has 2 atom stereocenters. The van der Waals surface area contributed by atoms with Crippen molar-refractivity contribution in [2.45, 2.75) is 37.7 Å². The number of aromatic hydroxyl groups is 2. The van der Waals surface area contributed by atoms with Crippen molar-refractivity contribution in [1.82, 2.24) is 0 Å². The zero-order valence-corrected chi connectivity index (χ0v) is 12.3. The molecule has 22 heavy (non-hydrogen) atoms. The molecule has 2 unspecified atom stereocenters. The van der Waals surface area contributed by atoms with Gasteiger partial charge in [0.15, 0.2) is 23.0 Å². The molecular formula is C18H20O4. The first-order chi connectivity index (χ1) is 10.6. The van der Waals surface area contributed by atoms with Crippen LogP contribution in [0.4, 0.5) is 0 Å². The van der Waals surface area contributed by atoms with Crippen LogP contribution in [0.5, 0.6) is 23.0 Å². The Kier molecular flexibility index (Phi) is 4.20. The Balaban J connectivity index is 1.87. The second-order valence-corrected chi connectivity index (χ2v) is 5.78. The van der Waals surface area contributed by atoms with Crippen molar-refractivity contribution in [2.24, 2.45) is 0 Å². The van der Waals surface area contributed by atoms with Crippen molar-refractivity contribution < 1.29 is 20.1 Å². The van der Waals surface area contributed by atoms with Crippen LogP contribution in [0.1, 0.15) is 37.2 Å². The van der Waals surface area contributed by atoms with E-state index in [0.717, 1.165) is 24.8 Å². The van der Waals surface area contributed by atoms with Gasteiger partial charge >= 0.3 is 0 Å². The summed E-state index contributed by atoms with van der Waals surface area (Å²) in [5.74, 6) is 0.875. The van der Waals surface area contributed by atoms with E-state index < -0.39 is 0 Å². The molecule has 3 N–H and O–H groups in total. The van der Waals surface area contributed by atoms with E-state index in [2.05, 4.69) is 0 Å². The smallest absolute Gasteiger partial charge is 0.169 e. The van der Waals surface area contributed by atoms with E-state index in [1.54, 1.807) is 24.3 Å². The summed E-state index contributed by atoms with van der Waals surface area (Å²) < 4.78 is 5.64. The second kappa shape index (κ2) is 6.28. The van der Waals surface area contributed by atoms with Gasteiger partial charge in [-0.15, -0.1) is 0 Å². The molecule has 4 nitrogen and oxygen atoms in total. The standard InChI is InChI=1S/C18H20O4/c19-13-6-3-5-12(11-13)14-7-4-10-17(18(14)21)22-16-9-2-1-8-15(16)20/h1-2,4,7-10,12-13,19-21H,3,5-6,11H2. The lowest BCUT2D eigenvalue weighted by atomic mass is 9.82. The maximum Gasteiger partial charge on any atom is 0.169 e. The van der Waals surface area contributed by atoms with Gasteiger partial charge in [-0.1, -0.05) is 30.7 Å². The van der Waals surface area contributed by atoms with Gasteiger partial charge in [-0.2, -0.15) is 0 Å². The summed E-state index contributed by atoms with van der Waals surface area (Å²) in [5.41, 5.74) is 0.798. The van der Waals surface area contributed by atoms with E-state index in [-0.39, 0.29) is 23.5 Å². The lowest BCUT2D eigenvalue weighted by molar-refractivity contribution is 0.119. The zero-order chi connectivity index (χ0) is 15.5. The number of benzene rings is 2. The average molecular weight is 300 g/mol. The minimum absolute atomic E-state index is 0.0281. The molecule has 4 heteroatoms. The molecule has 0 bridgehead atoms. The third-order valence-electron chi connectivity index (χ3n) is 4.20. The number of ether oxygens (including phenoxy) is 1. The van der Waals surface area contributed by atoms with Crippen molar-refractivity contribution >= 4 is 0 Å². The van der Waals surface area contributed by atoms with E-state index in [1.807, 2.05) is 12.1 Å². The summed E-state index contributed by atoms with van der Waals surface area (Å²) in [6, 6.07) is 12.0. The fourth-order valence-electron chi connectivity index (χ4n) is 3.06. The van der Waals surface area contributed by atoms with E-state index in [0.29, 0.717) is 17.9 Å². The highest BCUT2D eigenvalue weighted by molar-refractivity contribution is 5.51. The molecule has 1 saturated carbocycles. The van der Waals surface area contributed by atoms with Crippen LogP contribution in [0.25, 0.3) is 0 Å². The molecule has 1 fully saturated rings. The van der Waals surface area contributed by atoms with E-state index in [9.17, 15) is 15.3 Å². The number of phenolic OH excluding ortho intramolecular Hbond substituents is 2. The van der Waals surface area contributed by atoms with Crippen molar-refractivity contribution in [3.05, 3.63) is 48.0 Å². The minimum Gasteiger partial charge on any atom is -0.504 e. The van der Waals surface area contributed by atoms with Gasteiger partial charge in [0.1, 0.15) is 0 Å². The van der Waals surface area contributed by atoms with Crippen LogP contribution < -0.4 is 4.74 Å². The maximum absolute atomic E-state index is 10.5. The molecule has 2 aromatic carbocycles. The molecule has 3 rings (SSSR count). The third-order valence-corrected chi connectivity index (χ3v) is 4.20. The number of hydrogen-bond donors (Lipinski definition) is 3. The van der Waals surface area contributed by atoms with Gasteiger partial charge in [-0.3, -0.25) is 0 Å². The molecular weight excluding hydrogens is 280 g/mol. The Bertz CT molecular complexity index is 653. The fourth-order valence-corrected chi connectivity index (χ4v) is 3.06. The molecule has 0 radical (unpaired) electrons. The summed E-state index contributed by atoms with van der Waals surface area (Å²) in [6.07, 6.45) is 3.08. The molecule has 1 aliphatic carbocycles. The number of rotatable bonds is 3. The van der Waals surface area contributed by atoms with E-state index >= 15 is 0 Å². The maximum atomic E-state index is 10.5. The summed E-state index contributed by atoms with van der Waals surface area (Å²) in [7, 11) is 0. The quantitative estimate of drug-likeness (QED) is 0.804. The average Bonchev–Trinajstić information content (AvgIpc) is 2.51. The first kappa shape index (κ1) is 14.7. The number of hydrogen-bond acceptors (Lipinski definition) is 4. The number of phenols is 2. The van der Waals surface area contributed by atoms with Crippen LogP contribution in [0, 0.1) is 0 Å². The molecule has 116 valence electrons. The van der Waals surface area contributed by atoms with Gasteiger partial charge in [-0.05, 0) is 43.4 Å². The number of para-hydroxylation sites is 3. The molecule has 0 spiro atoms. The van der Waals surface area contributed by atoms with Crippen LogP contribution in [0.3, 0.4) is 0 Å². The largest absolute Gasteiger partial charge is 0.504 e. The van der Waals surface area contributed by atoms with Crippen LogP contribution in [-0.4, -0.2) is 21.4 Å². The number of aliphatic hydroxyl groups is 1. The van der Waals surface area contributed by atoms with Crippen molar-refractivity contribution in [3.63, 3.8) is 0 Å². The first-order valence-electron chi connectivity index (χ1n) is 7.61.